The Morgan fingerprint density at radius 1 is 1.08 bits per heavy atom. The number of aromatic nitrogens is 6. The van der Waals surface area contributed by atoms with Crippen LogP contribution in [0, 0.1) is 0 Å². The van der Waals surface area contributed by atoms with Crippen LogP contribution in [0.15, 0.2) is 61.1 Å². The maximum absolute atomic E-state index is 13.9. The Morgan fingerprint density at radius 3 is 2.41 bits per heavy atom. The number of carbonyl (C=O) groups excluding carboxylic acids is 1. The number of benzene rings is 2. The van der Waals surface area contributed by atoms with Gasteiger partial charge in [-0.05, 0) is 29.7 Å². The van der Waals surface area contributed by atoms with E-state index in [1.165, 1.54) is 11.0 Å². The topological polar surface area (TPSA) is 90.0 Å². The Hall–Kier alpha value is -3.96. The van der Waals surface area contributed by atoms with E-state index in [2.05, 4.69) is 25.5 Å². The lowest BCUT2D eigenvalue weighted by Gasteiger charge is -2.12. The van der Waals surface area contributed by atoms with Gasteiger partial charge in [0.15, 0.2) is 11.3 Å². The third kappa shape index (κ3) is 5.45. The number of hydrogen-bond acceptors (Lipinski definition) is 5. The van der Waals surface area contributed by atoms with Crippen LogP contribution in [0.3, 0.4) is 0 Å². The molecule has 1 N–H and O–H groups in total. The summed E-state index contributed by atoms with van der Waals surface area (Å²) in [5, 5.41) is 11.4. The number of hydrogen-bond donors (Lipinski definition) is 1. The summed E-state index contributed by atoms with van der Waals surface area (Å²) in [6, 6.07) is 13.1. The van der Waals surface area contributed by atoms with Crippen molar-refractivity contribution in [3.63, 3.8) is 0 Å². The van der Waals surface area contributed by atoms with E-state index in [4.69, 9.17) is 23.2 Å². The molecule has 3 aromatic heterocycles. The highest BCUT2D eigenvalue weighted by Gasteiger charge is 2.36. The van der Waals surface area contributed by atoms with E-state index in [0.29, 0.717) is 25.7 Å². The first-order valence-electron chi connectivity index (χ1n) is 11.7. The Labute approximate surface area is 230 Å². The molecule has 0 atom stereocenters. The van der Waals surface area contributed by atoms with Crippen molar-refractivity contribution in [3.05, 3.63) is 93.5 Å². The van der Waals surface area contributed by atoms with Gasteiger partial charge in [-0.2, -0.15) is 18.3 Å². The lowest BCUT2D eigenvalue weighted by molar-refractivity contribution is -0.142. The first-order chi connectivity index (χ1) is 18.5. The number of fused-ring (bicyclic) bond motifs is 1. The highest BCUT2D eigenvalue weighted by atomic mass is 35.5. The second kappa shape index (κ2) is 10.3. The van der Waals surface area contributed by atoms with Crippen molar-refractivity contribution in [1.82, 2.24) is 29.4 Å². The largest absolute Gasteiger partial charge is 0.433 e. The fraction of sp³-hybridized carbons (Fsp3) is 0.192. The van der Waals surface area contributed by atoms with Gasteiger partial charge < -0.3 is 0 Å². The van der Waals surface area contributed by atoms with Gasteiger partial charge >= 0.3 is 6.18 Å². The van der Waals surface area contributed by atoms with Gasteiger partial charge in [0.2, 0.25) is 5.95 Å². The summed E-state index contributed by atoms with van der Waals surface area (Å²) in [6.45, 7) is 4.22. The van der Waals surface area contributed by atoms with Crippen LogP contribution in [0.2, 0.25) is 10.0 Å². The van der Waals surface area contributed by atoms with Crippen molar-refractivity contribution in [3.8, 4) is 11.3 Å². The third-order valence-corrected chi connectivity index (χ3v) is 6.73. The van der Waals surface area contributed by atoms with Crippen LogP contribution in [-0.4, -0.2) is 35.3 Å². The second-order valence-corrected chi connectivity index (χ2v) is 9.83. The molecular weight excluding hydrogens is 554 g/mol. The fourth-order valence-corrected chi connectivity index (χ4v) is 4.47. The minimum Gasteiger partial charge on any atom is -0.289 e. The van der Waals surface area contributed by atoms with E-state index >= 15 is 0 Å². The lowest BCUT2D eigenvalue weighted by atomic mass is 10.0. The SMILES string of the molecule is CC(C)c1ccc(-c2cc(C(F)(F)F)n3ncc(C(=O)Nc4ncn(Cc5c(Cl)cccc5Cl)n4)c3n2)cc1. The average Bonchev–Trinajstić information content (AvgIpc) is 3.52. The van der Waals surface area contributed by atoms with Crippen LogP contribution in [-0.2, 0) is 12.7 Å². The summed E-state index contributed by atoms with van der Waals surface area (Å²) < 4.78 is 43.9. The molecule has 5 aromatic rings. The van der Waals surface area contributed by atoms with Gasteiger partial charge in [0, 0.05) is 21.2 Å². The van der Waals surface area contributed by atoms with Crippen molar-refractivity contribution in [2.75, 3.05) is 5.32 Å². The Bertz CT molecular complexity index is 1660. The third-order valence-electron chi connectivity index (χ3n) is 6.02. The molecule has 3 heterocycles. The van der Waals surface area contributed by atoms with Crippen molar-refractivity contribution in [2.45, 2.75) is 32.5 Å². The molecule has 0 saturated carbocycles. The van der Waals surface area contributed by atoms with Crippen LogP contribution in [0.5, 0.6) is 0 Å². The molecule has 0 radical (unpaired) electrons. The van der Waals surface area contributed by atoms with E-state index in [9.17, 15) is 18.0 Å². The van der Waals surface area contributed by atoms with Crippen LogP contribution in [0.25, 0.3) is 16.9 Å². The molecule has 0 saturated heterocycles. The predicted octanol–water partition coefficient (Wildman–Crippen LogP) is 6.74. The molecule has 0 aliphatic heterocycles. The molecule has 2 aromatic carbocycles. The molecule has 0 bridgehead atoms. The van der Waals surface area contributed by atoms with Crippen LogP contribution < -0.4 is 5.32 Å². The number of anilines is 1. The summed E-state index contributed by atoms with van der Waals surface area (Å²) in [6.07, 6.45) is -2.35. The number of nitrogens with zero attached hydrogens (tertiary/aromatic N) is 6. The van der Waals surface area contributed by atoms with Crippen LogP contribution >= 0.6 is 23.2 Å². The van der Waals surface area contributed by atoms with Crippen LogP contribution in [0.1, 0.15) is 46.9 Å². The molecule has 8 nitrogen and oxygen atoms in total. The maximum atomic E-state index is 13.9. The number of rotatable bonds is 6. The van der Waals surface area contributed by atoms with E-state index in [1.807, 2.05) is 26.0 Å². The summed E-state index contributed by atoms with van der Waals surface area (Å²) in [7, 11) is 0. The summed E-state index contributed by atoms with van der Waals surface area (Å²) in [4.78, 5) is 21.5. The Morgan fingerprint density at radius 2 is 1.77 bits per heavy atom. The standard InChI is InChI=1S/C26H20Cl2F3N7O/c1-14(2)15-6-8-16(9-7-15)21-10-22(26(29,30)31)38-23(34-21)17(11-33-38)24(39)35-25-32-13-37(36-25)12-18-19(27)4-3-5-20(18)28/h3-11,13-14H,12H2,1-2H3,(H,35,36,39). The Kier molecular flexibility index (Phi) is 7.04. The summed E-state index contributed by atoms with van der Waals surface area (Å²) in [5.74, 6) is -0.588. The molecule has 5 rings (SSSR count). The van der Waals surface area contributed by atoms with E-state index in [-0.39, 0.29) is 35.3 Å². The first-order valence-corrected chi connectivity index (χ1v) is 12.5. The zero-order valence-corrected chi connectivity index (χ0v) is 22.1. The minimum absolute atomic E-state index is 0.0544. The zero-order chi connectivity index (χ0) is 27.9. The molecule has 0 fully saturated rings. The number of amides is 1. The van der Waals surface area contributed by atoms with E-state index in [0.717, 1.165) is 17.8 Å². The number of alkyl halides is 3. The number of halogens is 5. The van der Waals surface area contributed by atoms with Gasteiger partial charge in [0.1, 0.15) is 11.9 Å². The first kappa shape index (κ1) is 26.6. The van der Waals surface area contributed by atoms with Gasteiger partial charge in [-0.15, -0.1) is 5.10 Å². The highest BCUT2D eigenvalue weighted by Crippen LogP contribution is 2.33. The molecule has 0 aliphatic carbocycles. The molecular formula is C26H20Cl2F3N7O. The fourth-order valence-electron chi connectivity index (χ4n) is 3.95. The highest BCUT2D eigenvalue weighted by molar-refractivity contribution is 6.36. The van der Waals surface area contributed by atoms with Crippen molar-refractivity contribution in [1.29, 1.82) is 0 Å². The van der Waals surface area contributed by atoms with Gasteiger partial charge in [-0.25, -0.2) is 19.2 Å². The van der Waals surface area contributed by atoms with Crippen molar-refractivity contribution < 1.29 is 18.0 Å². The number of carbonyl (C=O) groups is 1. The van der Waals surface area contributed by atoms with Crippen LogP contribution in [0.4, 0.5) is 19.1 Å². The quantitative estimate of drug-likeness (QED) is 0.243. The van der Waals surface area contributed by atoms with E-state index in [1.54, 1.807) is 30.3 Å². The average molecular weight is 574 g/mol. The lowest BCUT2D eigenvalue weighted by Crippen LogP contribution is -2.16. The zero-order valence-electron chi connectivity index (χ0n) is 20.5. The molecule has 0 unspecified atom stereocenters. The van der Waals surface area contributed by atoms with Crippen molar-refractivity contribution >= 4 is 40.7 Å². The predicted molar refractivity (Wildman–Crippen MR) is 141 cm³/mol. The maximum Gasteiger partial charge on any atom is 0.433 e. The van der Waals surface area contributed by atoms with Gasteiger partial charge in [0.05, 0.1) is 18.4 Å². The van der Waals surface area contributed by atoms with Crippen molar-refractivity contribution in [2.24, 2.45) is 0 Å². The molecule has 13 heteroatoms. The minimum atomic E-state index is -4.74. The summed E-state index contributed by atoms with van der Waals surface area (Å²) in [5.41, 5.74) is 0.679. The Balaban J connectivity index is 1.47. The molecule has 200 valence electrons. The summed E-state index contributed by atoms with van der Waals surface area (Å²) >= 11 is 12.4. The number of nitrogens with one attached hydrogen (secondary N) is 1. The molecule has 1 amide bonds. The van der Waals surface area contributed by atoms with E-state index < -0.39 is 17.8 Å². The second-order valence-electron chi connectivity index (χ2n) is 9.01. The smallest absolute Gasteiger partial charge is 0.289 e. The normalized spacial score (nSPS) is 11.9. The molecule has 0 spiro atoms. The monoisotopic (exact) mass is 573 g/mol. The molecule has 0 aliphatic rings. The van der Waals surface area contributed by atoms with Gasteiger partial charge in [-0.1, -0.05) is 67.4 Å². The van der Waals surface area contributed by atoms with Gasteiger partial charge in [0.25, 0.3) is 5.91 Å². The van der Waals surface area contributed by atoms with Gasteiger partial charge in [-0.3, -0.25) is 10.1 Å². The molecule has 39 heavy (non-hydrogen) atoms.